The Morgan fingerprint density at radius 1 is 1.20 bits per heavy atom. The van der Waals surface area contributed by atoms with E-state index in [-0.39, 0.29) is 11.0 Å². The lowest BCUT2D eigenvalue weighted by molar-refractivity contribution is 0.0996. The maximum Gasteiger partial charge on any atom is 0.319 e. The number of rotatable bonds is 5. The standard InChI is InChI=1S/C19H20FN3O2/c1-12-4-2-3-5-15(12)19(8-9-19)11-22-18(25)23-13-6-7-16(20)14(10-13)17(21)24/h2-7,10H,8-9,11H2,1H3,(H2,21,24)(H2,22,23,25). The Balaban J connectivity index is 1.63. The van der Waals surface area contributed by atoms with Crippen molar-refractivity contribution in [3.05, 3.63) is 65.0 Å². The summed E-state index contributed by atoms with van der Waals surface area (Å²) in [4.78, 5) is 23.3. The van der Waals surface area contributed by atoms with Gasteiger partial charge in [0, 0.05) is 17.6 Å². The van der Waals surface area contributed by atoms with E-state index in [4.69, 9.17) is 5.73 Å². The fourth-order valence-electron chi connectivity index (χ4n) is 3.08. The molecule has 0 radical (unpaired) electrons. The third-order valence-corrected chi connectivity index (χ3v) is 4.65. The van der Waals surface area contributed by atoms with Crippen LogP contribution in [0.4, 0.5) is 14.9 Å². The van der Waals surface area contributed by atoms with Crippen molar-refractivity contribution in [1.29, 1.82) is 0 Å². The van der Waals surface area contributed by atoms with Gasteiger partial charge in [-0.15, -0.1) is 0 Å². The van der Waals surface area contributed by atoms with Gasteiger partial charge in [0.15, 0.2) is 0 Å². The molecule has 4 N–H and O–H groups in total. The van der Waals surface area contributed by atoms with E-state index in [0.29, 0.717) is 12.2 Å². The summed E-state index contributed by atoms with van der Waals surface area (Å²) >= 11 is 0. The van der Waals surface area contributed by atoms with Crippen molar-refractivity contribution in [2.24, 2.45) is 5.73 Å². The van der Waals surface area contributed by atoms with E-state index in [1.807, 2.05) is 12.1 Å². The number of hydrogen-bond acceptors (Lipinski definition) is 2. The summed E-state index contributed by atoms with van der Waals surface area (Å²) in [7, 11) is 0. The smallest absolute Gasteiger partial charge is 0.319 e. The molecule has 6 heteroatoms. The number of nitrogens with one attached hydrogen (secondary N) is 2. The summed E-state index contributed by atoms with van der Waals surface area (Å²) < 4.78 is 13.5. The molecule has 1 fully saturated rings. The predicted octanol–water partition coefficient (Wildman–Crippen LogP) is 3.09. The summed E-state index contributed by atoms with van der Waals surface area (Å²) in [5, 5.41) is 5.47. The van der Waals surface area contributed by atoms with E-state index >= 15 is 0 Å². The highest BCUT2D eigenvalue weighted by Gasteiger charge is 2.45. The normalized spacial score (nSPS) is 14.6. The molecule has 0 spiro atoms. The molecule has 0 unspecified atom stereocenters. The lowest BCUT2D eigenvalue weighted by Crippen LogP contribution is -2.35. The molecule has 2 aromatic rings. The molecule has 0 bridgehead atoms. The molecule has 1 saturated carbocycles. The van der Waals surface area contributed by atoms with E-state index in [9.17, 15) is 14.0 Å². The minimum atomic E-state index is -0.877. The monoisotopic (exact) mass is 341 g/mol. The number of hydrogen-bond donors (Lipinski definition) is 3. The minimum Gasteiger partial charge on any atom is -0.366 e. The first kappa shape index (κ1) is 17.0. The largest absolute Gasteiger partial charge is 0.366 e. The molecule has 3 amide bonds. The first-order valence-electron chi connectivity index (χ1n) is 8.12. The van der Waals surface area contributed by atoms with Crippen LogP contribution in [0.1, 0.15) is 34.3 Å². The molecule has 1 aliphatic rings. The number of amides is 3. The van der Waals surface area contributed by atoms with E-state index < -0.39 is 17.8 Å². The number of primary amides is 1. The van der Waals surface area contributed by atoms with Gasteiger partial charge in [-0.3, -0.25) is 4.79 Å². The van der Waals surface area contributed by atoms with Crippen molar-refractivity contribution in [2.75, 3.05) is 11.9 Å². The van der Waals surface area contributed by atoms with Gasteiger partial charge in [-0.05, 0) is 49.1 Å². The topological polar surface area (TPSA) is 84.2 Å². The van der Waals surface area contributed by atoms with E-state index in [1.54, 1.807) is 0 Å². The number of urea groups is 1. The Hall–Kier alpha value is -2.89. The highest BCUT2D eigenvalue weighted by Crippen LogP contribution is 2.48. The highest BCUT2D eigenvalue weighted by atomic mass is 19.1. The van der Waals surface area contributed by atoms with Gasteiger partial charge in [-0.25, -0.2) is 9.18 Å². The number of anilines is 1. The zero-order chi connectivity index (χ0) is 18.0. The van der Waals surface area contributed by atoms with Gasteiger partial charge in [-0.2, -0.15) is 0 Å². The number of halogens is 1. The SMILES string of the molecule is Cc1ccccc1C1(CNC(=O)Nc2ccc(F)c(C(N)=O)c2)CC1. The average Bonchev–Trinajstić information content (AvgIpc) is 3.36. The number of carbonyl (C=O) groups is 2. The Bertz CT molecular complexity index is 831. The van der Waals surface area contributed by atoms with Crippen molar-refractivity contribution in [3.8, 4) is 0 Å². The molecule has 0 saturated heterocycles. The molecular weight excluding hydrogens is 321 g/mol. The van der Waals surface area contributed by atoms with Crippen molar-refractivity contribution in [2.45, 2.75) is 25.2 Å². The van der Waals surface area contributed by atoms with Gasteiger partial charge >= 0.3 is 6.03 Å². The van der Waals surface area contributed by atoms with Gasteiger partial charge in [0.2, 0.25) is 0 Å². The van der Waals surface area contributed by atoms with Crippen LogP contribution in [0.25, 0.3) is 0 Å². The zero-order valence-electron chi connectivity index (χ0n) is 13.9. The van der Waals surface area contributed by atoms with Crippen LogP contribution in [0, 0.1) is 12.7 Å². The molecule has 0 aliphatic heterocycles. The highest BCUT2D eigenvalue weighted by molar-refractivity contribution is 5.96. The Kier molecular flexibility index (Phi) is 4.44. The van der Waals surface area contributed by atoms with Crippen LogP contribution in [0.5, 0.6) is 0 Å². The van der Waals surface area contributed by atoms with Crippen LogP contribution >= 0.6 is 0 Å². The number of carbonyl (C=O) groups excluding carboxylic acids is 2. The third kappa shape index (κ3) is 3.63. The summed E-state index contributed by atoms with van der Waals surface area (Å²) in [6.07, 6.45) is 2.06. The van der Waals surface area contributed by atoms with Crippen LogP contribution < -0.4 is 16.4 Å². The minimum absolute atomic E-state index is 0.0101. The lowest BCUT2D eigenvalue weighted by atomic mass is 9.92. The molecule has 0 atom stereocenters. The Morgan fingerprint density at radius 3 is 2.56 bits per heavy atom. The van der Waals surface area contributed by atoms with Crippen molar-refractivity contribution in [1.82, 2.24) is 5.32 Å². The third-order valence-electron chi connectivity index (χ3n) is 4.65. The van der Waals surface area contributed by atoms with Crippen LogP contribution in [0.2, 0.25) is 0 Å². The van der Waals surface area contributed by atoms with E-state index in [0.717, 1.165) is 18.9 Å². The van der Waals surface area contributed by atoms with Gasteiger partial charge in [-0.1, -0.05) is 24.3 Å². The molecule has 25 heavy (non-hydrogen) atoms. The first-order valence-corrected chi connectivity index (χ1v) is 8.12. The quantitative estimate of drug-likeness (QED) is 0.781. The maximum atomic E-state index is 13.5. The molecule has 3 rings (SSSR count). The summed E-state index contributed by atoms with van der Waals surface area (Å²) in [5.41, 5.74) is 7.63. The lowest BCUT2D eigenvalue weighted by Gasteiger charge is -2.19. The zero-order valence-corrected chi connectivity index (χ0v) is 13.9. The van der Waals surface area contributed by atoms with Crippen molar-refractivity contribution in [3.63, 3.8) is 0 Å². The molecule has 1 aliphatic carbocycles. The number of aryl methyl sites for hydroxylation is 1. The second-order valence-corrected chi connectivity index (χ2v) is 6.46. The van der Waals surface area contributed by atoms with E-state index in [1.165, 1.54) is 23.3 Å². The molecule has 0 heterocycles. The summed E-state index contributed by atoms with van der Waals surface area (Å²) in [6.45, 7) is 2.59. The fraction of sp³-hybridized carbons (Fsp3) is 0.263. The fourth-order valence-corrected chi connectivity index (χ4v) is 3.08. The molecule has 0 aromatic heterocycles. The number of benzene rings is 2. The van der Waals surface area contributed by atoms with Crippen LogP contribution in [0.3, 0.4) is 0 Å². The molecule has 130 valence electrons. The van der Waals surface area contributed by atoms with Crippen LogP contribution in [-0.2, 0) is 5.41 Å². The first-order chi connectivity index (χ1) is 11.9. The Labute approximate surface area is 145 Å². The summed E-state index contributed by atoms with van der Waals surface area (Å²) in [6, 6.07) is 11.5. The van der Waals surface area contributed by atoms with E-state index in [2.05, 4.69) is 29.7 Å². The summed E-state index contributed by atoms with van der Waals surface area (Å²) in [5.74, 6) is -1.59. The molecule has 5 nitrogen and oxygen atoms in total. The Morgan fingerprint density at radius 2 is 1.92 bits per heavy atom. The van der Waals surface area contributed by atoms with Crippen molar-refractivity contribution >= 4 is 17.6 Å². The second kappa shape index (κ2) is 6.55. The van der Waals surface area contributed by atoms with Crippen molar-refractivity contribution < 1.29 is 14.0 Å². The van der Waals surface area contributed by atoms with Gasteiger partial charge < -0.3 is 16.4 Å². The second-order valence-electron chi connectivity index (χ2n) is 6.46. The number of nitrogens with two attached hydrogens (primary N) is 1. The van der Waals surface area contributed by atoms with Gasteiger partial charge in [0.1, 0.15) is 5.82 Å². The van der Waals surface area contributed by atoms with Crippen LogP contribution in [-0.4, -0.2) is 18.5 Å². The van der Waals surface area contributed by atoms with Gasteiger partial charge in [0.25, 0.3) is 5.91 Å². The molecular formula is C19H20FN3O2. The van der Waals surface area contributed by atoms with Crippen LogP contribution in [0.15, 0.2) is 42.5 Å². The maximum absolute atomic E-state index is 13.5. The predicted molar refractivity (Wildman–Crippen MR) is 94.0 cm³/mol. The molecule has 2 aromatic carbocycles. The average molecular weight is 341 g/mol. The van der Waals surface area contributed by atoms with Gasteiger partial charge in [0.05, 0.1) is 5.56 Å².